The summed E-state index contributed by atoms with van der Waals surface area (Å²) < 4.78 is 25.5. The molecule has 12 rings (SSSR count). The van der Waals surface area contributed by atoms with Gasteiger partial charge >= 0.3 is 0 Å². The Labute approximate surface area is 473 Å². The number of hydrogen-bond acceptors (Lipinski definition) is 12. The van der Waals surface area contributed by atoms with Gasteiger partial charge in [-0.2, -0.15) is 0 Å². The Kier molecular flexibility index (Phi) is 14.6. The van der Waals surface area contributed by atoms with E-state index in [2.05, 4.69) is 74.1 Å². The molecule has 0 N–H and O–H groups in total. The molecule has 404 valence electrons. The van der Waals surface area contributed by atoms with Crippen LogP contribution in [0.1, 0.15) is 108 Å². The van der Waals surface area contributed by atoms with Crippen molar-refractivity contribution >= 4 is 0 Å². The van der Waals surface area contributed by atoms with E-state index < -0.39 is 0 Å². The molecule has 2 aromatic carbocycles. The molecule has 0 unspecified atom stereocenters. The molecule has 0 saturated carbocycles. The van der Waals surface area contributed by atoms with E-state index in [1.807, 2.05) is 159 Å². The van der Waals surface area contributed by atoms with E-state index in [9.17, 15) is 0 Å². The quantitative estimate of drug-likeness (QED) is 0.0808. The van der Waals surface area contributed by atoms with Crippen LogP contribution in [0.25, 0.3) is 45.6 Å². The third kappa shape index (κ3) is 11.6. The fourth-order valence-electron chi connectivity index (χ4n) is 11.9. The highest BCUT2D eigenvalue weighted by Gasteiger charge is 2.56. The smallest absolute Gasteiger partial charge is 0.130 e. The van der Waals surface area contributed by atoms with Gasteiger partial charge in [0.25, 0.3) is 0 Å². The summed E-state index contributed by atoms with van der Waals surface area (Å²) in [6.45, 7) is 15.4. The van der Waals surface area contributed by atoms with Gasteiger partial charge in [-0.25, -0.2) is 29.9 Å². The summed E-state index contributed by atoms with van der Waals surface area (Å²) in [7, 11) is 0. The molecule has 8 heterocycles. The molecular weight excluding hydrogens is 1000 g/mol. The first kappa shape index (κ1) is 52.8. The van der Waals surface area contributed by atoms with Crippen molar-refractivity contribution in [3.63, 3.8) is 0 Å². The molecule has 12 nitrogen and oxygen atoms in total. The number of benzene rings is 2. The van der Waals surface area contributed by atoms with E-state index in [-0.39, 0.29) is 16.2 Å². The second-order valence-corrected chi connectivity index (χ2v) is 22.6. The number of aryl methyl sites for hydroxylation is 2. The summed E-state index contributed by atoms with van der Waals surface area (Å²) in [6, 6.07) is 61.0. The third-order valence-corrected chi connectivity index (χ3v) is 15.4. The zero-order valence-electron chi connectivity index (χ0n) is 46.7. The molecule has 2 aliphatic rings. The SMILES string of the molecule is Cc1cccc(-c2cccc(COCc3cccc(-c4cccc(COc5ccc6c(c5)C5(CC6(C)C)CC(C)(C)c6ccc(OCc7cccc(-c8cccc(COCc9cccc(-c%10cccc(C)n%10)n9)n8)n7)cc65)n4)n3)n2)n1. The largest absolute Gasteiger partial charge is 0.487 e. The van der Waals surface area contributed by atoms with Crippen LogP contribution >= 0.6 is 0 Å². The van der Waals surface area contributed by atoms with Gasteiger partial charge in [0.2, 0.25) is 0 Å². The molecule has 10 aromatic rings. The van der Waals surface area contributed by atoms with Crippen molar-refractivity contribution in [2.75, 3.05) is 0 Å². The zero-order chi connectivity index (χ0) is 55.6. The Morgan fingerprint density at radius 3 is 0.877 bits per heavy atom. The van der Waals surface area contributed by atoms with E-state index in [1.165, 1.54) is 22.3 Å². The molecule has 0 bridgehead atoms. The van der Waals surface area contributed by atoms with Crippen molar-refractivity contribution < 1.29 is 18.9 Å². The number of rotatable bonds is 18. The van der Waals surface area contributed by atoms with Crippen molar-refractivity contribution in [1.82, 2.24) is 39.9 Å². The molecule has 0 aliphatic heterocycles. The molecule has 0 atom stereocenters. The van der Waals surface area contributed by atoms with Gasteiger partial charge in [0.15, 0.2) is 0 Å². The number of hydrogen-bond donors (Lipinski definition) is 0. The van der Waals surface area contributed by atoms with E-state index in [0.29, 0.717) is 39.6 Å². The van der Waals surface area contributed by atoms with Gasteiger partial charge in [-0.3, -0.25) is 9.97 Å². The fourth-order valence-corrected chi connectivity index (χ4v) is 11.9. The minimum Gasteiger partial charge on any atom is -0.487 e. The predicted octanol–water partition coefficient (Wildman–Crippen LogP) is 14.4. The number of fused-ring (bicyclic) bond motifs is 4. The zero-order valence-corrected chi connectivity index (χ0v) is 46.7. The maximum Gasteiger partial charge on any atom is 0.130 e. The van der Waals surface area contributed by atoms with Crippen LogP contribution in [0.15, 0.2) is 182 Å². The Hall–Kier alpha value is -8.84. The van der Waals surface area contributed by atoms with Gasteiger partial charge in [0.1, 0.15) is 24.7 Å². The topological polar surface area (TPSA) is 140 Å². The highest BCUT2D eigenvalue weighted by molar-refractivity contribution is 5.63. The minimum atomic E-state index is -0.230. The van der Waals surface area contributed by atoms with E-state index in [0.717, 1.165) is 115 Å². The van der Waals surface area contributed by atoms with Crippen LogP contribution in [0.2, 0.25) is 0 Å². The van der Waals surface area contributed by atoms with E-state index in [4.69, 9.17) is 48.9 Å². The maximum atomic E-state index is 6.63. The Morgan fingerprint density at radius 1 is 0.309 bits per heavy atom. The van der Waals surface area contributed by atoms with Crippen LogP contribution in [-0.2, 0) is 65.4 Å². The van der Waals surface area contributed by atoms with Crippen molar-refractivity contribution in [3.8, 4) is 57.1 Å². The summed E-state index contributed by atoms with van der Waals surface area (Å²) in [6.07, 6.45) is 1.96. The standard InChI is InChI=1S/C69H64N8O4/c1-45-15-7-23-59(70-45)61-25-9-17-47(72-61)37-78-39-49-19-11-27-63(74-49)65-29-13-21-51(76-65)41-80-53-31-33-55-57(35-53)69(43-67(55,3)4)44-68(5,6)56-34-32-54(36-58(56)69)81-42-52-22-14-30-66(77-52)64-28-12-20-50(75-64)40-79-38-48-18-10-26-62(73-48)60-24-8-16-46(2)71-60/h7-36H,37-44H2,1-6H3. The predicted molar refractivity (Wildman–Crippen MR) is 314 cm³/mol. The number of ether oxygens (including phenoxy) is 4. The first-order chi connectivity index (χ1) is 39.3. The summed E-state index contributed by atoms with van der Waals surface area (Å²) in [4.78, 5) is 38.7. The normalized spacial score (nSPS) is 14.4. The van der Waals surface area contributed by atoms with Crippen LogP contribution in [0.5, 0.6) is 11.5 Å². The molecule has 2 aliphatic carbocycles. The first-order valence-electron chi connectivity index (χ1n) is 27.7. The van der Waals surface area contributed by atoms with Crippen molar-refractivity contribution in [2.24, 2.45) is 0 Å². The number of aromatic nitrogens is 8. The van der Waals surface area contributed by atoms with Gasteiger partial charge < -0.3 is 18.9 Å². The molecule has 0 amide bonds. The Morgan fingerprint density at radius 2 is 0.580 bits per heavy atom. The maximum absolute atomic E-state index is 6.63. The second kappa shape index (κ2) is 22.4. The highest BCUT2D eigenvalue weighted by Crippen LogP contribution is 2.63. The number of nitrogens with zero attached hydrogens (tertiary/aromatic N) is 8. The van der Waals surface area contributed by atoms with Gasteiger partial charge in [-0.15, -0.1) is 0 Å². The highest BCUT2D eigenvalue weighted by atomic mass is 16.5. The first-order valence-corrected chi connectivity index (χ1v) is 27.7. The van der Waals surface area contributed by atoms with Gasteiger partial charge in [0.05, 0.1) is 106 Å². The van der Waals surface area contributed by atoms with Crippen LogP contribution < -0.4 is 9.47 Å². The summed E-state index contributed by atoms with van der Waals surface area (Å²) in [5.74, 6) is 1.63. The minimum absolute atomic E-state index is 0.0586. The monoisotopic (exact) mass is 1070 g/mol. The molecule has 0 saturated heterocycles. The third-order valence-electron chi connectivity index (χ3n) is 15.4. The van der Waals surface area contributed by atoms with E-state index >= 15 is 0 Å². The van der Waals surface area contributed by atoms with Gasteiger partial charge in [0, 0.05) is 16.8 Å². The van der Waals surface area contributed by atoms with Crippen molar-refractivity contribution in [3.05, 3.63) is 250 Å². The lowest BCUT2D eigenvalue weighted by Gasteiger charge is -2.30. The molecule has 81 heavy (non-hydrogen) atoms. The molecule has 0 radical (unpaired) electrons. The lowest BCUT2D eigenvalue weighted by Crippen LogP contribution is -2.27. The second-order valence-electron chi connectivity index (χ2n) is 22.6. The average Bonchev–Trinajstić information content (AvgIpc) is 2.95. The average molecular weight is 1070 g/mol. The molecule has 8 aromatic heterocycles. The van der Waals surface area contributed by atoms with E-state index in [1.54, 1.807) is 0 Å². The van der Waals surface area contributed by atoms with Crippen LogP contribution in [0, 0.1) is 13.8 Å². The van der Waals surface area contributed by atoms with Gasteiger partial charge in [-0.1, -0.05) is 88.4 Å². The van der Waals surface area contributed by atoms with Crippen LogP contribution in [0.4, 0.5) is 0 Å². The lowest BCUT2D eigenvalue weighted by molar-refractivity contribution is 0.102. The van der Waals surface area contributed by atoms with Crippen LogP contribution in [0.3, 0.4) is 0 Å². The fraction of sp³-hybridized carbons (Fsp3) is 0.246. The molecule has 1 spiro atoms. The Balaban J connectivity index is 0.698. The van der Waals surface area contributed by atoms with Crippen molar-refractivity contribution in [2.45, 2.75) is 110 Å². The molecule has 12 heteroatoms. The van der Waals surface area contributed by atoms with Gasteiger partial charge in [-0.05, 0) is 181 Å². The summed E-state index contributed by atoms with van der Waals surface area (Å²) in [5.41, 5.74) is 18.2. The number of pyridine rings is 8. The van der Waals surface area contributed by atoms with Crippen molar-refractivity contribution in [1.29, 1.82) is 0 Å². The molecular formula is C69H64N8O4. The summed E-state index contributed by atoms with van der Waals surface area (Å²) in [5, 5.41) is 0. The lowest BCUT2D eigenvalue weighted by atomic mass is 9.72. The van der Waals surface area contributed by atoms with Crippen LogP contribution in [-0.4, -0.2) is 39.9 Å². The Bertz CT molecular complexity index is 3680. The summed E-state index contributed by atoms with van der Waals surface area (Å²) >= 11 is 0. The molecule has 0 fully saturated rings.